The summed E-state index contributed by atoms with van der Waals surface area (Å²) in [5, 5.41) is 33.0. The average Bonchev–Trinajstić information content (AvgIpc) is 3.13. The Balaban J connectivity index is 1.93. The van der Waals surface area contributed by atoms with Crippen LogP contribution in [-0.2, 0) is 19.1 Å². The molecule has 0 aromatic heterocycles. The predicted octanol–water partition coefficient (Wildman–Crippen LogP) is -0.596. The molecule has 3 aliphatic heterocycles. The van der Waals surface area contributed by atoms with Crippen LogP contribution in [-0.4, -0.2) is 80.3 Å². The maximum atomic E-state index is 12.0. The van der Waals surface area contributed by atoms with Crippen molar-refractivity contribution in [3.8, 4) is 0 Å². The Morgan fingerprint density at radius 2 is 1.31 bits per heavy atom. The van der Waals surface area contributed by atoms with Gasteiger partial charge in [-0.25, -0.2) is 9.59 Å². The number of piperazine rings is 1. The largest absolute Gasteiger partial charge is 0.461 e. The molecule has 4 atom stereocenters. The number of hydrogen-bond acceptors (Lipinski definition) is 10. The van der Waals surface area contributed by atoms with Crippen LogP contribution in [0.2, 0.25) is 0 Å². The summed E-state index contributed by atoms with van der Waals surface area (Å²) in [7, 11) is 0. The maximum Gasteiger partial charge on any atom is 0.354 e. The van der Waals surface area contributed by atoms with Crippen molar-refractivity contribution in [3.05, 3.63) is 0 Å². The van der Waals surface area contributed by atoms with Gasteiger partial charge in [0.2, 0.25) is 0 Å². The van der Waals surface area contributed by atoms with Crippen molar-refractivity contribution in [2.75, 3.05) is 13.2 Å². The number of fused-ring (bicyclic) bond motifs is 2. The van der Waals surface area contributed by atoms with E-state index in [9.17, 15) is 19.8 Å². The molecule has 0 amide bonds. The van der Waals surface area contributed by atoms with E-state index in [1.54, 1.807) is 27.7 Å². The van der Waals surface area contributed by atoms with E-state index in [0.717, 1.165) is 0 Å². The zero-order valence-corrected chi connectivity index (χ0v) is 15.3. The van der Waals surface area contributed by atoms with Gasteiger partial charge in [-0.05, 0) is 27.7 Å². The molecule has 10 nitrogen and oxygen atoms in total. The minimum Gasteiger partial charge on any atom is -0.461 e. The first kappa shape index (κ1) is 18.6. The van der Waals surface area contributed by atoms with Crippen LogP contribution in [0.3, 0.4) is 0 Å². The Hall–Kier alpha value is -2.20. The van der Waals surface area contributed by atoms with E-state index in [4.69, 9.17) is 9.47 Å². The van der Waals surface area contributed by atoms with Crippen molar-refractivity contribution in [2.24, 2.45) is 10.2 Å². The number of aliphatic hydroxyl groups excluding tert-OH is 2. The van der Waals surface area contributed by atoms with Crippen LogP contribution in [0.15, 0.2) is 10.2 Å². The van der Waals surface area contributed by atoms with Crippen molar-refractivity contribution in [3.63, 3.8) is 0 Å². The third-order valence-electron chi connectivity index (χ3n) is 5.15. The van der Waals surface area contributed by atoms with Gasteiger partial charge in [-0.2, -0.15) is 10.2 Å². The summed E-state index contributed by atoms with van der Waals surface area (Å²) < 4.78 is 9.96. The molecule has 3 heterocycles. The highest BCUT2D eigenvalue weighted by molar-refractivity contribution is 6.37. The highest BCUT2D eigenvalue weighted by Gasteiger charge is 2.64. The normalized spacial score (nSPS) is 35.5. The fourth-order valence-corrected chi connectivity index (χ4v) is 3.67. The molecule has 0 aromatic rings. The van der Waals surface area contributed by atoms with E-state index in [0.29, 0.717) is 0 Å². The molecule has 3 rings (SSSR count). The summed E-state index contributed by atoms with van der Waals surface area (Å²) in [6.07, 6.45) is -2.22. The number of esters is 2. The fraction of sp³-hybridized carbons (Fsp3) is 0.750. The second kappa shape index (κ2) is 6.20. The first-order valence-corrected chi connectivity index (χ1v) is 8.63. The zero-order valence-electron chi connectivity index (χ0n) is 15.3. The van der Waals surface area contributed by atoms with Gasteiger partial charge in [-0.1, -0.05) is 0 Å². The molecule has 1 fully saturated rings. The molecule has 4 unspecified atom stereocenters. The van der Waals surface area contributed by atoms with Gasteiger partial charge in [0.05, 0.1) is 13.2 Å². The number of rotatable bonds is 4. The van der Waals surface area contributed by atoms with Crippen LogP contribution in [0.5, 0.6) is 0 Å². The maximum absolute atomic E-state index is 12.0. The summed E-state index contributed by atoms with van der Waals surface area (Å²) in [6, 6.07) is 0. The predicted molar refractivity (Wildman–Crippen MR) is 89.9 cm³/mol. The van der Waals surface area contributed by atoms with Gasteiger partial charge >= 0.3 is 11.9 Å². The number of carbonyl (C=O) groups is 2. The molecule has 0 aliphatic carbocycles. The number of carbonyl (C=O) groups excluding carboxylic acids is 2. The smallest absolute Gasteiger partial charge is 0.354 e. The molecule has 3 aliphatic rings. The van der Waals surface area contributed by atoms with Gasteiger partial charge in [0.1, 0.15) is 22.5 Å². The molecule has 0 bridgehead atoms. The Kier molecular flexibility index (Phi) is 4.43. The fourth-order valence-electron chi connectivity index (χ4n) is 3.67. The molecule has 2 N–H and O–H groups in total. The van der Waals surface area contributed by atoms with Gasteiger partial charge in [0.15, 0.2) is 12.5 Å². The molecule has 0 spiro atoms. The van der Waals surface area contributed by atoms with Crippen LogP contribution < -0.4 is 0 Å². The summed E-state index contributed by atoms with van der Waals surface area (Å²) in [6.45, 7) is 7.14. The van der Waals surface area contributed by atoms with Crippen molar-refractivity contribution < 1.29 is 29.3 Å². The minimum atomic E-state index is -1.20. The van der Waals surface area contributed by atoms with Crippen LogP contribution in [0.1, 0.15) is 40.5 Å². The van der Waals surface area contributed by atoms with Gasteiger partial charge in [0, 0.05) is 12.8 Å². The van der Waals surface area contributed by atoms with E-state index in [2.05, 4.69) is 10.2 Å². The topological polar surface area (TPSA) is 124 Å². The SMILES string of the molecule is CCOC(=O)C1=NN2C(O)C3(C)CC(C(=O)OCC)=NN3C(O)C2(C)C1. The molecular weight excluding hydrogens is 344 g/mol. The zero-order chi connectivity index (χ0) is 19.3. The van der Waals surface area contributed by atoms with E-state index < -0.39 is 35.5 Å². The second-order valence-electron chi connectivity index (χ2n) is 7.04. The number of ether oxygens (including phenoxy) is 2. The molecule has 0 aromatic carbocycles. The molecule has 26 heavy (non-hydrogen) atoms. The first-order valence-electron chi connectivity index (χ1n) is 8.63. The third-order valence-corrected chi connectivity index (χ3v) is 5.15. The van der Waals surface area contributed by atoms with E-state index in [-0.39, 0.29) is 37.5 Å². The minimum absolute atomic E-state index is 0.0842. The molecule has 144 valence electrons. The van der Waals surface area contributed by atoms with Gasteiger partial charge < -0.3 is 19.7 Å². The van der Waals surface area contributed by atoms with Crippen molar-refractivity contribution in [1.82, 2.24) is 10.0 Å². The molecule has 10 heteroatoms. The highest BCUT2D eigenvalue weighted by atomic mass is 16.5. The number of nitrogens with zero attached hydrogens (tertiary/aromatic N) is 4. The molecular formula is C16H24N4O6. The lowest BCUT2D eigenvalue weighted by atomic mass is 9.82. The number of hydrogen-bond donors (Lipinski definition) is 2. The monoisotopic (exact) mass is 368 g/mol. The standard InChI is InChI=1S/C16H24N4O6/c1-5-25-11(21)9-7-15(3)13(23)20-16(4,14(24)19(15)17-9)8-10(18-20)12(22)26-6-2/h13-14,23-24H,5-8H2,1-4H3. The number of hydrazone groups is 2. The van der Waals surface area contributed by atoms with Crippen LogP contribution in [0.4, 0.5) is 0 Å². The van der Waals surface area contributed by atoms with Crippen LogP contribution in [0.25, 0.3) is 0 Å². The summed E-state index contributed by atoms with van der Waals surface area (Å²) in [5.41, 5.74) is -1.91. The molecule has 1 saturated heterocycles. The Bertz CT molecular complexity index is 636. The lowest BCUT2D eigenvalue weighted by molar-refractivity contribution is -0.256. The van der Waals surface area contributed by atoms with Crippen molar-refractivity contribution in [1.29, 1.82) is 0 Å². The van der Waals surface area contributed by atoms with E-state index in [1.807, 2.05) is 0 Å². The highest BCUT2D eigenvalue weighted by Crippen LogP contribution is 2.47. The van der Waals surface area contributed by atoms with Gasteiger partial charge in [-0.15, -0.1) is 0 Å². The Morgan fingerprint density at radius 3 is 1.62 bits per heavy atom. The van der Waals surface area contributed by atoms with E-state index >= 15 is 0 Å². The number of aliphatic hydroxyl groups is 2. The van der Waals surface area contributed by atoms with Crippen molar-refractivity contribution >= 4 is 23.4 Å². The quantitative estimate of drug-likeness (QED) is 0.631. The lowest BCUT2D eigenvalue weighted by Crippen LogP contribution is -2.73. The average molecular weight is 368 g/mol. The summed E-state index contributed by atoms with van der Waals surface area (Å²) in [4.78, 5) is 24.1. The lowest BCUT2D eigenvalue weighted by Gasteiger charge is -2.56. The Labute approximate surface area is 151 Å². The van der Waals surface area contributed by atoms with Crippen LogP contribution in [0, 0.1) is 0 Å². The van der Waals surface area contributed by atoms with Crippen LogP contribution >= 0.6 is 0 Å². The molecule has 0 saturated carbocycles. The molecule has 0 radical (unpaired) electrons. The first-order chi connectivity index (χ1) is 12.2. The van der Waals surface area contributed by atoms with Gasteiger partial charge in [-0.3, -0.25) is 10.0 Å². The van der Waals surface area contributed by atoms with Gasteiger partial charge in [0.25, 0.3) is 0 Å². The summed E-state index contributed by atoms with van der Waals surface area (Å²) >= 11 is 0. The second-order valence-corrected chi connectivity index (χ2v) is 7.04. The summed E-state index contributed by atoms with van der Waals surface area (Å²) in [5.74, 6) is -1.16. The van der Waals surface area contributed by atoms with E-state index in [1.165, 1.54) is 10.0 Å². The Morgan fingerprint density at radius 1 is 0.962 bits per heavy atom. The van der Waals surface area contributed by atoms with Crippen molar-refractivity contribution in [2.45, 2.75) is 64.1 Å². The third kappa shape index (κ3) is 2.47.